The molecule has 0 fully saturated rings. The minimum atomic E-state index is -0.513. The van der Waals surface area contributed by atoms with E-state index in [2.05, 4.69) is 0 Å². The molecule has 0 unspecified atom stereocenters. The average molecular weight is 224 g/mol. The molecule has 0 atom stereocenters. The van der Waals surface area contributed by atoms with Gasteiger partial charge in [0.25, 0.3) is 5.91 Å². The summed E-state index contributed by atoms with van der Waals surface area (Å²) < 4.78 is 18.2. The minimum Gasteiger partial charge on any atom is -0.494 e. The fourth-order valence-electron chi connectivity index (χ4n) is 1.49. The minimum absolute atomic E-state index is 0.149. The van der Waals surface area contributed by atoms with Gasteiger partial charge in [0, 0.05) is 18.7 Å². The summed E-state index contributed by atoms with van der Waals surface area (Å²) in [4.78, 5) is 13.5. The van der Waals surface area contributed by atoms with Gasteiger partial charge in [-0.3, -0.25) is 4.79 Å². The van der Waals surface area contributed by atoms with Gasteiger partial charge in [-0.2, -0.15) is 0 Å². The number of methoxy groups -OCH3 is 1. The van der Waals surface area contributed by atoms with Crippen molar-refractivity contribution < 1.29 is 13.9 Å². The Hall–Kier alpha value is -1.58. The van der Waals surface area contributed by atoms with Crippen molar-refractivity contribution >= 4 is 5.91 Å². The molecular weight excluding hydrogens is 208 g/mol. The van der Waals surface area contributed by atoms with E-state index in [1.807, 2.05) is 13.8 Å². The second kappa shape index (κ2) is 5.49. The molecule has 0 saturated carbocycles. The van der Waals surface area contributed by atoms with Gasteiger partial charge < -0.3 is 9.64 Å². The molecule has 1 amide bonds. The lowest BCUT2D eigenvalue weighted by atomic mass is 10.2. The normalized spacial score (nSPS) is 10.0. The van der Waals surface area contributed by atoms with Gasteiger partial charge in [-0.05, 0) is 32.0 Å². The third-order valence-corrected chi connectivity index (χ3v) is 2.45. The van der Waals surface area contributed by atoms with Crippen LogP contribution in [0.15, 0.2) is 18.2 Å². The van der Waals surface area contributed by atoms with Crippen LogP contribution in [0.4, 0.5) is 4.39 Å². The SMILES string of the molecule is CCN(CC)C(=O)c1ccc(OC)c([18F])c1. The number of hydrogen-bond acceptors (Lipinski definition) is 2. The zero-order chi connectivity index (χ0) is 12.1. The third-order valence-electron chi connectivity index (χ3n) is 2.45. The summed E-state index contributed by atoms with van der Waals surface area (Å²) >= 11 is 0. The Morgan fingerprint density at radius 1 is 1.38 bits per heavy atom. The summed E-state index contributed by atoms with van der Waals surface area (Å²) in [6, 6.07) is 4.24. The second-order valence-corrected chi connectivity index (χ2v) is 3.33. The van der Waals surface area contributed by atoms with Crippen LogP contribution in [0.5, 0.6) is 5.75 Å². The molecule has 0 N–H and O–H groups in total. The maximum atomic E-state index is 13.4. The van der Waals surface area contributed by atoms with Crippen LogP contribution in [-0.2, 0) is 0 Å². The van der Waals surface area contributed by atoms with E-state index in [-0.39, 0.29) is 11.7 Å². The Labute approximate surface area is 94.8 Å². The van der Waals surface area contributed by atoms with Crippen molar-refractivity contribution in [2.45, 2.75) is 13.8 Å². The highest BCUT2D eigenvalue weighted by Gasteiger charge is 2.14. The van der Waals surface area contributed by atoms with Gasteiger partial charge in [-0.25, -0.2) is 4.39 Å². The third kappa shape index (κ3) is 2.51. The summed E-state index contributed by atoms with van der Waals surface area (Å²) in [6.07, 6.45) is 0. The van der Waals surface area contributed by atoms with E-state index in [0.29, 0.717) is 18.7 Å². The maximum absolute atomic E-state index is 13.4. The van der Waals surface area contributed by atoms with Gasteiger partial charge in [0.15, 0.2) is 11.6 Å². The molecule has 4 heteroatoms. The molecule has 1 aromatic rings. The lowest BCUT2D eigenvalue weighted by Crippen LogP contribution is -2.30. The largest absolute Gasteiger partial charge is 0.494 e. The van der Waals surface area contributed by atoms with Crippen LogP contribution in [0.2, 0.25) is 0 Å². The molecule has 0 aliphatic heterocycles. The van der Waals surface area contributed by atoms with Crippen LogP contribution in [0.1, 0.15) is 24.2 Å². The van der Waals surface area contributed by atoms with Crippen molar-refractivity contribution in [3.63, 3.8) is 0 Å². The van der Waals surface area contributed by atoms with Crippen molar-refractivity contribution in [2.75, 3.05) is 20.2 Å². The molecule has 0 aliphatic rings. The van der Waals surface area contributed by atoms with E-state index < -0.39 is 5.82 Å². The second-order valence-electron chi connectivity index (χ2n) is 3.33. The van der Waals surface area contributed by atoms with Crippen LogP contribution < -0.4 is 4.74 Å². The zero-order valence-corrected chi connectivity index (χ0v) is 9.79. The molecule has 0 aliphatic carbocycles. The van der Waals surface area contributed by atoms with E-state index in [4.69, 9.17) is 4.74 Å². The number of hydrogen-bond donors (Lipinski definition) is 0. The molecule has 0 radical (unpaired) electrons. The Balaban J connectivity index is 2.96. The number of carbonyl (C=O) groups excluding carboxylic acids is 1. The quantitative estimate of drug-likeness (QED) is 0.785. The lowest BCUT2D eigenvalue weighted by Gasteiger charge is -2.18. The van der Waals surface area contributed by atoms with Gasteiger partial charge in [-0.1, -0.05) is 0 Å². The van der Waals surface area contributed by atoms with Crippen LogP contribution in [-0.4, -0.2) is 31.0 Å². The van der Waals surface area contributed by atoms with E-state index in [1.165, 1.54) is 19.2 Å². The first-order valence-electron chi connectivity index (χ1n) is 5.26. The van der Waals surface area contributed by atoms with Crippen molar-refractivity contribution in [1.82, 2.24) is 4.90 Å². The highest BCUT2D eigenvalue weighted by Crippen LogP contribution is 2.18. The average Bonchev–Trinajstić information content (AvgIpc) is 2.30. The molecule has 1 aromatic carbocycles. The van der Waals surface area contributed by atoms with Crippen molar-refractivity contribution in [3.8, 4) is 5.75 Å². The number of nitrogens with zero attached hydrogens (tertiary/aromatic N) is 1. The van der Waals surface area contributed by atoms with Crippen LogP contribution in [0, 0.1) is 5.82 Å². The Bertz CT molecular complexity index is 375. The molecule has 0 aromatic heterocycles. The fourth-order valence-corrected chi connectivity index (χ4v) is 1.49. The summed E-state index contributed by atoms with van der Waals surface area (Å²) in [5.41, 5.74) is 0.349. The summed E-state index contributed by atoms with van der Waals surface area (Å²) in [5.74, 6) is -0.525. The number of carbonyl (C=O) groups is 1. The monoisotopic (exact) mass is 224 g/mol. The molecule has 88 valence electrons. The van der Waals surface area contributed by atoms with E-state index >= 15 is 0 Å². The number of benzene rings is 1. The molecule has 3 nitrogen and oxygen atoms in total. The number of amides is 1. The van der Waals surface area contributed by atoms with E-state index in [1.54, 1.807) is 11.0 Å². The molecule has 16 heavy (non-hydrogen) atoms. The molecule has 1 rings (SSSR count). The fraction of sp³-hybridized carbons (Fsp3) is 0.417. The number of ether oxygens (including phenoxy) is 1. The number of rotatable bonds is 4. The van der Waals surface area contributed by atoms with Crippen molar-refractivity contribution in [3.05, 3.63) is 29.6 Å². The Kier molecular flexibility index (Phi) is 4.28. The predicted molar refractivity (Wildman–Crippen MR) is 60.2 cm³/mol. The van der Waals surface area contributed by atoms with Crippen LogP contribution >= 0.6 is 0 Å². The molecule has 0 heterocycles. The van der Waals surface area contributed by atoms with Crippen molar-refractivity contribution in [2.24, 2.45) is 0 Å². The zero-order valence-electron chi connectivity index (χ0n) is 9.79. The first-order chi connectivity index (χ1) is 7.63. The van der Waals surface area contributed by atoms with Crippen LogP contribution in [0.25, 0.3) is 0 Å². The van der Waals surface area contributed by atoms with Crippen LogP contribution in [0.3, 0.4) is 0 Å². The highest BCUT2D eigenvalue weighted by atomic mass is 18.2. The van der Waals surface area contributed by atoms with E-state index in [9.17, 15) is 9.18 Å². The molecule has 0 spiro atoms. The molecule has 0 saturated heterocycles. The van der Waals surface area contributed by atoms with Crippen molar-refractivity contribution in [1.29, 1.82) is 0 Å². The first-order valence-corrected chi connectivity index (χ1v) is 5.26. The molecular formula is C12H16FNO2. The lowest BCUT2D eigenvalue weighted by molar-refractivity contribution is 0.0772. The Morgan fingerprint density at radius 3 is 2.44 bits per heavy atom. The topological polar surface area (TPSA) is 29.5 Å². The van der Waals surface area contributed by atoms with Gasteiger partial charge in [0.2, 0.25) is 0 Å². The summed E-state index contributed by atoms with van der Waals surface area (Å²) in [7, 11) is 1.39. The number of halogens is 1. The summed E-state index contributed by atoms with van der Waals surface area (Å²) in [6.45, 7) is 5.01. The molecule has 0 bridgehead atoms. The van der Waals surface area contributed by atoms with E-state index in [0.717, 1.165) is 0 Å². The standard InChI is InChI=1S/C12H16FNO2/c1-4-14(5-2)12(15)9-6-7-11(16-3)10(13)8-9/h6-8H,4-5H2,1-3H3/i13-1. The van der Waals surface area contributed by atoms with Gasteiger partial charge >= 0.3 is 0 Å². The summed E-state index contributed by atoms with van der Waals surface area (Å²) in [5, 5.41) is 0. The van der Waals surface area contributed by atoms with Gasteiger partial charge in [0.05, 0.1) is 7.11 Å². The smallest absolute Gasteiger partial charge is 0.253 e. The highest BCUT2D eigenvalue weighted by molar-refractivity contribution is 5.94. The first kappa shape index (κ1) is 12.5. The predicted octanol–water partition coefficient (Wildman–Crippen LogP) is 2.32. The van der Waals surface area contributed by atoms with Gasteiger partial charge in [-0.15, -0.1) is 0 Å². The van der Waals surface area contributed by atoms with Gasteiger partial charge in [0.1, 0.15) is 0 Å². The maximum Gasteiger partial charge on any atom is 0.253 e. The Morgan fingerprint density at radius 2 is 2.00 bits per heavy atom.